The summed E-state index contributed by atoms with van der Waals surface area (Å²) in [5, 5.41) is 6.42. The monoisotopic (exact) mass is 279 g/mol. The molecule has 0 atom stereocenters. The van der Waals surface area contributed by atoms with Crippen molar-refractivity contribution < 1.29 is 9.47 Å². The first kappa shape index (κ1) is 16.3. The summed E-state index contributed by atoms with van der Waals surface area (Å²) in [5.41, 5.74) is 0. The van der Waals surface area contributed by atoms with Gasteiger partial charge in [0, 0.05) is 27.2 Å². The number of methoxy groups -OCH3 is 1. The van der Waals surface area contributed by atoms with Crippen LogP contribution in [0.25, 0.3) is 0 Å². The third-order valence-corrected chi connectivity index (χ3v) is 2.70. The number of hydrogen-bond donors (Lipinski definition) is 2. The normalized spacial score (nSPS) is 11.2. The number of guanidine groups is 1. The maximum Gasteiger partial charge on any atom is 0.191 e. The number of ether oxygens (including phenoxy) is 2. The predicted octanol–water partition coefficient (Wildman–Crippen LogP) is 1.66. The first-order chi connectivity index (χ1) is 9.86. The Balaban J connectivity index is 2.01. The van der Waals surface area contributed by atoms with Gasteiger partial charge in [-0.1, -0.05) is 18.2 Å². The van der Waals surface area contributed by atoms with Crippen LogP contribution in [0.1, 0.15) is 12.8 Å². The third kappa shape index (κ3) is 7.63. The zero-order chi connectivity index (χ0) is 14.5. The summed E-state index contributed by atoms with van der Waals surface area (Å²) in [5.74, 6) is 1.74. The smallest absolute Gasteiger partial charge is 0.191 e. The molecule has 1 rings (SSSR count). The van der Waals surface area contributed by atoms with Gasteiger partial charge >= 0.3 is 0 Å². The van der Waals surface area contributed by atoms with Crippen LogP contribution in [0.5, 0.6) is 5.75 Å². The lowest BCUT2D eigenvalue weighted by atomic mass is 10.3. The highest BCUT2D eigenvalue weighted by molar-refractivity contribution is 5.79. The van der Waals surface area contributed by atoms with Crippen molar-refractivity contribution in [3.63, 3.8) is 0 Å². The van der Waals surface area contributed by atoms with Crippen LogP contribution in [0, 0.1) is 0 Å². The van der Waals surface area contributed by atoms with Gasteiger partial charge in [-0.15, -0.1) is 0 Å². The van der Waals surface area contributed by atoms with Gasteiger partial charge in [0.1, 0.15) is 5.75 Å². The summed E-state index contributed by atoms with van der Waals surface area (Å²) in [4.78, 5) is 4.13. The highest BCUT2D eigenvalue weighted by atomic mass is 16.5. The van der Waals surface area contributed by atoms with E-state index in [1.807, 2.05) is 30.3 Å². The number of nitrogens with one attached hydrogen (secondary N) is 2. The Morgan fingerprint density at radius 1 is 1.05 bits per heavy atom. The van der Waals surface area contributed by atoms with Gasteiger partial charge in [-0.3, -0.25) is 4.99 Å². The molecule has 2 N–H and O–H groups in total. The van der Waals surface area contributed by atoms with Crippen LogP contribution in [0.2, 0.25) is 0 Å². The summed E-state index contributed by atoms with van der Waals surface area (Å²) in [6.45, 7) is 3.05. The average molecular weight is 279 g/mol. The molecule has 0 aromatic heterocycles. The largest absolute Gasteiger partial charge is 0.494 e. The second-order valence-corrected chi connectivity index (χ2v) is 4.29. The molecule has 0 amide bonds. The van der Waals surface area contributed by atoms with E-state index in [2.05, 4.69) is 15.6 Å². The quantitative estimate of drug-likeness (QED) is 0.410. The lowest BCUT2D eigenvalue weighted by Crippen LogP contribution is -2.39. The highest BCUT2D eigenvalue weighted by Crippen LogP contribution is 2.08. The summed E-state index contributed by atoms with van der Waals surface area (Å²) < 4.78 is 10.6. The van der Waals surface area contributed by atoms with Crippen molar-refractivity contribution in [3.05, 3.63) is 30.3 Å². The van der Waals surface area contributed by atoms with Gasteiger partial charge in [0.2, 0.25) is 0 Å². The molecular weight excluding hydrogens is 254 g/mol. The van der Waals surface area contributed by atoms with Gasteiger partial charge in [0.25, 0.3) is 0 Å². The van der Waals surface area contributed by atoms with E-state index < -0.39 is 0 Å². The van der Waals surface area contributed by atoms with E-state index in [0.717, 1.165) is 44.2 Å². The minimum atomic E-state index is 0.672. The Labute approximate surface area is 121 Å². The summed E-state index contributed by atoms with van der Waals surface area (Å²) >= 11 is 0. The van der Waals surface area contributed by atoms with Gasteiger partial charge in [-0.2, -0.15) is 0 Å². The first-order valence-corrected chi connectivity index (χ1v) is 6.98. The topological polar surface area (TPSA) is 54.9 Å². The first-order valence-electron chi connectivity index (χ1n) is 6.98. The molecule has 0 heterocycles. The highest BCUT2D eigenvalue weighted by Gasteiger charge is 1.96. The number of aliphatic imine (C=N–C) groups is 1. The van der Waals surface area contributed by atoms with Crippen LogP contribution in [-0.4, -0.2) is 46.4 Å². The lowest BCUT2D eigenvalue weighted by molar-refractivity contribution is 0.203. The third-order valence-electron chi connectivity index (χ3n) is 2.70. The van der Waals surface area contributed by atoms with Gasteiger partial charge in [-0.25, -0.2) is 0 Å². The van der Waals surface area contributed by atoms with Gasteiger partial charge in [0.15, 0.2) is 5.96 Å². The molecule has 112 valence electrons. The minimum Gasteiger partial charge on any atom is -0.494 e. The molecule has 0 saturated heterocycles. The van der Waals surface area contributed by atoms with Crippen molar-refractivity contribution >= 4 is 5.96 Å². The fraction of sp³-hybridized carbons (Fsp3) is 0.533. The number of unbranched alkanes of at least 4 members (excludes halogenated alkanes) is 1. The van der Waals surface area contributed by atoms with Crippen LogP contribution in [-0.2, 0) is 4.74 Å². The molecule has 0 radical (unpaired) electrons. The predicted molar refractivity (Wildman–Crippen MR) is 82.4 cm³/mol. The van der Waals surface area contributed by atoms with Crippen molar-refractivity contribution in [3.8, 4) is 5.75 Å². The fourth-order valence-corrected chi connectivity index (χ4v) is 1.63. The molecule has 5 heteroatoms. The Morgan fingerprint density at radius 3 is 2.50 bits per heavy atom. The van der Waals surface area contributed by atoms with Crippen molar-refractivity contribution in [2.45, 2.75) is 12.8 Å². The standard InChI is InChI=1S/C15H25N3O2/c1-16-15(18-11-13-19-2)17-10-6-7-12-20-14-8-4-3-5-9-14/h3-5,8-9H,6-7,10-13H2,1-2H3,(H2,16,17,18). The second-order valence-electron chi connectivity index (χ2n) is 4.29. The number of rotatable bonds is 9. The molecule has 5 nitrogen and oxygen atoms in total. The van der Waals surface area contributed by atoms with Crippen LogP contribution in [0.15, 0.2) is 35.3 Å². The molecule has 0 aliphatic heterocycles. The molecule has 0 saturated carbocycles. The van der Waals surface area contributed by atoms with Gasteiger partial charge < -0.3 is 20.1 Å². The Kier molecular flexibility index (Phi) is 9.06. The molecular formula is C15H25N3O2. The Hall–Kier alpha value is -1.75. The van der Waals surface area contributed by atoms with E-state index in [0.29, 0.717) is 6.61 Å². The van der Waals surface area contributed by atoms with Crippen LogP contribution < -0.4 is 15.4 Å². The molecule has 20 heavy (non-hydrogen) atoms. The van der Waals surface area contributed by atoms with Gasteiger partial charge in [-0.05, 0) is 25.0 Å². The molecule has 0 spiro atoms. The number of para-hydroxylation sites is 1. The van der Waals surface area contributed by atoms with E-state index in [4.69, 9.17) is 9.47 Å². The zero-order valence-electron chi connectivity index (χ0n) is 12.4. The van der Waals surface area contributed by atoms with Crippen molar-refractivity contribution in [2.75, 3.05) is 40.5 Å². The van der Waals surface area contributed by atoms with Crippen molar-refractivity contribution in [2.24, 2.45) is 4.99 Å². The molecule has 0 bridgehead atoms. The SMILES string of the molecule is CN=C(NCCCCOc1ccccc1)NCCOC. The van der Waals surface area contributed by atoms with Crippen LogP contribution in [0.3, 0.4) is 0 Å². The Morgan fingerprint density at radius 2 is 1.80 bits per heavy atom. The fourth-order valence-electron chi connectivity index (χ4n) is 1.63. The maximum absolute atomic E-state index is 5.63. The number of nitrogens with zero attached hydrogens (tertiary/aromatic N) is 1. The molecule has 0 fully saturated rings. The summed E-state index contributed by atoms with van der Waals surface area (Å²) in [6.07, 6.45) is 2.05. The molecule has 1 aromatic carbocycles. The average Bonchev–Trinajstić information content (AvgIpc) is 2.50. The summed E-state index contributed by atoms with van der Waals surface area (Å²) in [7, 11) is 3.45. The Bertz CT molecular complexity index is 369. The number of benzene rings is 1. The second kappa shape index (κ2) is 11.1. The minimum absolute atomic E-state index is 0.672. The molecule has 0 aliphatic rings. The maximum atomic E-state index is 5.63. The van der Waals surface area contributed by atoms with E-state index in [-0.39, 0.29) is 0 Å². The molecule has 1 aromatic rings. The van der Waals surface area contributed by atoms with E-state index in [1.54, 1.807) is 14.2 Å². The zero-order valence-corrected chi connectivity index (χ0v) is 12.4. The van der Waals surface area contributed by atoms with Crippen LogP contribution >= 0.6 is 0 Å². The van der Waals surface area contributed by atoms with E-state index >= 15 is 0 Å². The van der Waals surface area contributed by atoms with Crippen LogP contribution in [0.4, 0.5) is 0 Å². The van der Waals surface area contributed by atoms with E-state index in [9.17, 15) is 0 Å². The van der Waals surface area contributed by atoms with Crippen molar-refractivity contribution in [1.82, 2.24) is 10.6 Å². The molecule has 0 aliphatic carbocycles. The number of hydrogen-bond acceptors (Lipinski definition) is 3. The summed E-state index contributed by atoms with van der Waals surface area (Å²) in [6, 6.07) is 9.89. The van der Waals surface area contributed by atoms with E-state index in [1.165, 1.54) is 0 Å². The van der Waals surface area contributed by atoms with Crippen molar-refractivity contribution in [1.29, 1.82) is 0 Å². The van der Waals surface area contributed by atoms with Gasteiger partial charge in [0.05, 0.1) is 13.2 Å². The lowest BCUT2D eigenvalue weighted by Gasteiger charge is -2.11. The molecule has 0 unspecified atom stereocenters.